The fourth-order valence-corrected chi connectivity index (χ4v) is 1.72. The van der Waals surface area contributed by atoms with E-state index in [2.05, 4.69) is 5.32 Å². The van der Waals surface area contributed by atoms with Crippen molar-refractivity contribution in [2.24, 2.45) is 0 Å². The largest absolute Gasteiger partial charge is 0.323 e. The number of halogens is 1. The molecule has 0 bridgehead atoms. The molecule has 0 saturated heterocycles. The molecule has 3 heteroatoms. The molecular formula is C11H12FNO. The molecule has 1 aromatic carbocycles. The topological polar surface area (TPSA) is 29.1 Å². The number of carbonyl (C=O) groups is 1. The Kier molecular flexibility index (Phi) is 2.02. The van der Waals surface area contributed by atoms with Crippen molar-refractivity contribution in [2.45, 2.75) is 26.2 Å². The average Bonchev–Trinajstić information content (AvgIpc) is 2.46. The van der Waals surface area contributed by atoms with Crippen molar-refractivity contribution in [3.05, 3.63) is 29.1 Å². The molecule has 1 amide bonds. The Labute approximate surface area is 82.1 Å². The van der Waals surface area contributed by atoms with E-state index >= 15 is 0 Å². The maximum absolute atomic E-state index is 13.8. The molecule has 1 aromatic rings. The van der Waals surface area contributed by atoms with Crippen LogP contribution in [0.15, 0.2) is 12.1 Å². The molecule has 1 aliphatic heterocycles. The van der Waals surface area contributed by atoms with E-state index < -0.39 is 0 Å². The Morgan fingerprint density at radius 3 is 2.79 bits per heavy atom. The number of anilines is 1. The van der Waals surface area contributed by atoms with Crippen LogP contribution in [0.4, 0.5) is 10.1 Å². The highest BCUT2D eigenvalue weighted by Gasteiger charge is 2.23. The molecular weight excluding hydrogens is 181 g/mol. The van der Waals surface area contributed by atoms with Crippen LogP contribution in [0.5, 0.6) is 0 Å². The Hall–Kier alpha value is -1.38. The van der Waals surface area contributed by atoms with Crippen LogP contribution < -0.4 is 5.32 Å². The smallest absolute Gasteiger partial charge is 0.228 e. The first-order valence-electron chi connectivity index (χ1n) is 4.70. The van der Waals surface area contributed by atoms with Crippen molar-refractivity contribution in [1.29, 1.82) is 0 Å². The highest BCUT2D eigenvalue weighted by atomic mass is 19.1. The Bertz CT molecular complexity index is 399. The first-order chi connectivity index (χ1) is 6.59. The maximum atomic E-state index is 13.8. The van der Waals surface area contributed by atoms with E-state index in [0.29, 0.717) is 17.7 Å². The van der Waals surface area contributed by atoms with E-state index in [1.165, 1.54) is 0 Å². The van der Waals surface area contributed by atoms with Gasteiger partial charge in [-0.15, -0.1) is 0 Å². The minimum Gasteiger partial charge on any atom is -0.323 e. The minimum atomic E-state index is -0.275. The molecule has 2 nitrogen and oxygen atoms in total. The van der Waals surface area contributed by atoms with Crippen LogP contribution in [-0.2, 0) is 11.2 Å². The van der Waals surface area contributed by atoms with Crippen LogP contribution in [0, 0.1) is 5.82 Å². The standard InChI is InChI=1S/C11H12FNO/c1-6(2)8-4-3-7-5-9(14)13-11(7)10(8)12/h3-4,6H,5H2,1-2H3,(H,13,14). The summed E-state index contributed by atoms with van der Waals surface area (Å²) in [6.07, 6.45) is 0.296. The van der Waals surface area contributed by atoms with Gasteiger partial charge in [0, 0.05) is 0 Å². The summed E-state index contributed by atoms with van der Waals surface area (Å²) < 4.78 is 13.8. The van der Waals surface area contributed by atoms with Gasteiger partial charge in [0.25, 0.3) is 0 Å². The van der Waals surface area contributed by atoms with E-state index in [-0.39, 0.29) is 17.6 Å². The van der Waals surface area contributed by atoms with Crippen molar-refractivity contribution in [3.63, 3.8) is 0 Å². The third kappa shape index (κ3) is 1.29. The zero-order chi connectivity index (χ0) is 10.3. The number of fused-ring (bicyclic) bond motifs is 1. The highest BCUT2D eigenvalue weighted by molar-refractivity contribution is 5.99. The van der Waals surface area contributed by atoms with Gasteiger partial charge in [-0.1, -0.05) is 26.0 Å². The Morgan fingerprint density at radius 2 is 2.14 bits per heavy atom. The Morgan fingerprint density at radius 1 is 1.43 bits per heavy atom. The first-order valence-corrected chi connectivity index (χ1v) is 4.70. The predicted octanol–water partition coefficient (Wildman–Crippen LogP) is 2.44. The maximum Gasteiger partial charge on any atom is 0.228 e. The summed E-state index contributed by atoms with van der Waals surface area (Å²) in [7, 11) is 0. The fourth-order valence-electron chi connectivity index (χ4n) is 1.72. The highest BCUT2D eigenvalue weighted by Crippen LogP contribution is 2.31. The van der Waals surface area contributed by atoms with Gasteiger partial charge < -0.3 is 5.32 Å². The van der Waals surface area contributed by atoms with Crippen LogP contribution in [0.2, 0.25) is 0 Å². The second kappa shape index (κ2) is 3.08. The Balaban J connectivity index is 2.53. The fraction of sp³-hybridized carbons (Fsp3) is 0.364. The summed E-state index contributed by atoms with van der Waals surface area (Å²) >= 11 is 0. The van der Waals surface area contributed by atoms with E-state index in [1.807, 2.05) is 19.9 Å². The van der Waals surface area contributed by atoms with Gasteiger partial charge in [0.05, 0.1) is 12.1 Å². The van der Waals surface area contributed by atoms with Crippen molar-refractivity contribution < 1.29 is 9.18 Å². The van der Waals surface area contributed by atoms with Crippen molar-refractivity contribution >= 4 is 11.6 Å². The molecule has 1 aliphatic rings. The minimum absolute atomic E-state index is 0.125. The zero-order valence-corrected chi connectivity index (χ0v) is 8.23. The third-order valence-electron chi connectivity index (χ3n) is 2.50. The molecule has 0 aromatic heterocycles. The van der Waals surface area contributed by atoms with Gasteiger partial charge in [0.1, 0.15) is 5.82 Å². The van der Waals surface area contributed by atoms with Crippen LogP contribution in [0.25, 0.3) is 0 Å². The lowest BCUT2D eigenvalue weighted by atomic mass is 9.99. The second-order valence-corrected chi connectivity index (χ2v) is 3.88. The lowest BCUT2D eigenvalue weighted by Crippen LogP contribution is -2.05. The van der Waals surface area contributed by atoms with E-state index in [1.54, 1.807) is 6.07 Å². The number of benzene rings is 1. The van der Waals surface area contributed by atoms with Gasteiger partial charge in [0.2, 0.25) is 5.91 Å². The number of hydrogen-bond donors (Lipinski definition) is 1. The summed E-state index contributed by atoms with van der Waals surface area (Å²) in [5.74, 6) is -0.263. The van der Waals surface area contributed by atoms with Gasteiger partial charge in [0.15, 0.2) is 0 Å². The molecule has 2 rings (SSSR count). The van der Waals surface area contributed by atoms with E-state index in [4.69, 9.17) is 0 Å². The van der Waals surface area contributed by atoms with E-state index in [0.717, 1.165) is 5.56 Å². The first kappa shape index (κ1) is 9.19. The van der Waals surface area contributed by atoms with Gasteiger partial charge in [-0.05, 0) is 17.0 Å². The zero-order valence-electron chi connectivity index (χ0n) is 8.23. The third-order valence-corrected chi connectivity index (χ3v) is 2.50. The molecule has 74 valence electrons. The summed E-state index contributed by atoms with van der Waals surface area (Å²) in [6, 6.07) is 3.59. The van der Waals surface area contributed by atoms with Crippen LogP contribution in [0.3, 0.4) is 0 Å². The molecule has 0 saturated carbocycles. The van der Waals surface area contributed by atoms with Gasteiger partial charge in [-0.3, -0.25) is 4.79 Å². The lowest BCUT2D eigenvalue weighted by molar-refractivity contribution is -0.115. The summed E-state index contributed by atoms with van der Waals surface area (Å²) in [4.78, 5) is 11.1. The van der Waals surface area contributed by atoms with Gasteiger partial charge in [-0.25, -0.2) is 4.39 Å². The lowest BCUT2D eigenvalue weighted by Gasteiger charge is -2.09. The monoisotopic (exact) mass is 193 g/mol. The van der Waals surface area contributed by atoms with Crippen LogP contribution in [-0.4, -0.2) is 5.91 Å². The number of nitrogens with one attached hydrogen (secondary N) is 1. The van der Waals surface area contributed by atoms with Gasteiger partial charge >= 0.3 is 0 Å². The van der Waals surface area contributed by atoms with Crippen LogP contribution >= 0.6 is 0 Å². The van der Waals surface area contributed by atoms with Crippen LogP contribution in [0.1, 0.15) is 30.9 Å². The van der Waals surface area contributed by atoms with Crippen molar-refractivity contribution in [2.75, 3.05) is 5.32 Å². The molecule has 14 heavy (non-hydrogen) atoms. The molecule has 1 N–H and O–H groups in total. The molecule has 0 spiro atoms. The van der Waals surface area contributed by atoms with Crippen molar-refractivity contribution in [3.8, 4) is 0 Å². The molecule has 0 fully saturated rings. The number of amides is 1. The molecule has 0 aliphatic carbocycles. The normalized spacial score (nSPS) is 14.4. The predicted molar refractivity (Wildman–Crippen MR) is 52.8 cm³/mol. The SMILES string of the molecule is CC(C)c1ccc2c(c1F)NC(=O)C2. The summed E-state index contributed by atoms with van der Waals surface area (Å²) in [5, 5.41) is 2.55. The van der Waals surface area contributed by atoms with Crippen molar-refractivity contribution in [1.82, 2.24) is 0 Å². The number of hydrogen-bond acceptors (Lipinski definition) is 1. The average molecular weight is 193 g/mol. The second-order valence-electron chi connectivity index (χ2n) is 3.88. The van der Waals surface area contributed by atoms with Gasteiger partial charge in [-0.2, -0.15) is 0 Å². The molecule has 0 unspecified atom stereocenters. The number of carbonyl (C=O) groups excluding carboxylic acids is 1. The molecule has 0 radical (unpaired) electrons. The number of rotatable bonds is 1. The molecule has 1 heterocycles. The van der Waals surface area contributed by atoms with E-state index in [9.17, 15) is 9.18 Å². The summed E-state index contributed by atoms with van der Waals surface area (Å²) in [6.45, 7) is 3.86. The molecule has 0 atom stereocenters. The summed E-state index contributed by atoms with van der Waals surface area (Å²) in [5.41, 5.74) is 1.80. The quantitative estimate of drug-likeness (QED) is 0.729.